The Morgan fingerprint density at radius 2 is 1.65 bits per heavy atom. The van der Waals surface area contributed by atoms with E-state index >= 15 is 0 Å². The molecule has 0 saturated carbocycles. The minimum absolute atomic E-state index is 0.0666. The summed E-state index contributed by atoms with van der Waals surface area (Å²) in [6, 6.07) is 5.99. The van der Waals surface area contributed by atoms with Crippen LogP contribution in [0.15, 0.2) is 39.4 Å². The number of halogens is 5. The van der Waals surface area contributed by atoms with Gasteiger partial charge in [0.1, 0.15) is 0 Å². The largest absolute Gasteiger partial charge is 0.484 e. The van der Waals surface area contributed by atoms with E-state index in [0.717, 1.165) is 5.56 Å². The second-order valence-electron chi connectivity index (χ2n) is 4.84. The van der Waals surface area contributed by atoms with E-state index in [0.29, 0.717) is 0 Å². The molecule has 0 aliphatic heterocycles. The van der Waals surface area contributed by atoms with Crippen LogP contribution in [0.5, 0.6) is 0 Å². The predicted octanol–water partition coefficient (Wildman–Crippen LogP) is 4.50. The second-order valence-corrected chi connectivity index (χ2v) is 6.63. The number of aliphatic hydroxyl groups is 1. The maximum Gasteiger partial charge on any atom is 0.453 e. The van der Waals surface area contributed by atoms with E-state index in [9.17, 15) is 30.4 Å². The highest BCUT2D eigenvalue weighted by Gasteiger charge is 2.56. The van der Waals surface area contributed by atoms with Gasteiger partial charge in [-0.3, -0.25) is 4.55 Å². The molecule has 0 aliphatic carbocycles. The number of rotatable bonds is 5. The zero-order valence-corrected chi connectivity index (χ0v) is 14.9. The molecule has 148 valence electrons. The first kappa shape index (κ1) is 24.3. The van der Waals surface area contributed by atoms with Crippen molar-refractivity contribution in [3.05, 3.63) is 29.8 Å². The fraction of sp³-hybridized carbons (Fsp3) is 0.462. The first-order valence-electron chi connectivity index (χ1n) is 6.76. The van der Waals surface area contributed by atoms with Gasteiger partial charge in [0.15, 0.2) is 0 Å². The van der Waals surface area contributed by atoms with E-state index in [4.69, 9.17) is 9.66 Å². The van der Waals surface area contributed by atoms with E-state index in [1.165, 1.54) is 12.1 Å². The van der Waals surface area contributed by atoms with Crippen LogP contribution in [-0.2, 0) is 10.1 Å². The summed E-state index contributed by atoms with van der Waals surface area (Å²) >= 11 is 4.04. The van der Waals surface area contributed by atoms with Gasteiger partial charge in [0.2, 0.25) is 0 Å². The van der Waals surface area contributed by atoms with Crippen LogP contribution in [-0.4, -0.2) is 41.9 Å². The van der Waals surface area contributed by atoms with Crippen molar-refractivity contribution in [3.63, 3.8) is 0 Å². The van der Waals surface area contributed by atoms with Crippen LogP contribution in [0.3, 0.4) is 0 Å². The molecule has 0 aliphatic rings. The summed E-state index contributed by atoms with van der Waals surface area (Å²) in [5, 5.41) is 13.5. The number of hydrogen-bond acceptors (Lipinski definition) is 4. The third-order valence-electron chi connectivity index (χ3n) is 2.64. The quantitative estimate of drug-likeness (QED) is 0.239. The van der Waals surface area contributed by atoms with Crippen molar-refractivity contribution in [2.24, 2.45) is 10.2 Å². The summed E-state index contributed by atoms with van der Waals surface area (Å²) in [6.45, 7) is 1.49. The molecule has 0 bridgehead atoms. The van der Waals surface area contributed by atoms with Gasteiger partial charge in [-0.05, 0) is 37.7 Å². The van der Waals surface area contributed by atoms with Crippen molar-refractivity contribution in [2.75, 3.05) is 6.54 Å². The van der Waals surface area contributed by atoms with E-state index in [2.05, 4.69) is 22.4 Å². The van der Waals surface area contributed by atoms with Crippen molar-refractivity contribution < 1.29 is 40.0 Å². The molecule has 0 amide bonds. The molecular formula is C13H15F5N2O4S2. The molecule has 1 aromatic carbocycles. The van der Waals surface area contributed by atoms with Gasteiger partial charge in [0.05, 0.1) is 11.4 Å². The summed E-state index contributed by atoms with van der Waals surface area (Å²) in [5.41, 5.74) is 0.956. The Morgan fingerprint density at radius 3 is 2.04 bits per heavy atom. The molecule has 0 unspecified atom stereocenters. The summed E-state index contributed by atoms with van der Waals surface area (Å²) in [5.74, 6) is -4.72. The van der Waals surface area contributed by atoms with Crippen molar-refractivity contribution >= 4 is 27.5 Å². The molecule has 0 spiro atoms. The molecule has 1 aromatic rings. The number of alkyl halides is 5. The highest BCUT2D eigenvalue weighted by Crippen LogP contribution is 2.38. The Labute approximate surface area is 151 Å². The van der Waals surface area contributed by atoms with Crippen LogP contribution in [0.1, 0.15) is 18.4 Å². The lowest BCUT2D eigenvalue weighted by Gasteiger charge is -2.18. The predicted molar refractivity (Wildman–Crippen MR) is 86.2 cm³/mol. The van der Waals surface area contributed by atoms with Crippen LogP contribution in [0.2, 0.25) is 0 Å². The molecular weight excluding hydrogens is 407 g/mol. The maximum absolute atomic E-state index is 12.2. The highest BCUT2D eigenvalue weighted by atomic mass is 32.2. The van der Waals surface area contributed by atoms with E-state index in [1.807, 2.05) is 6.92 Å². The molecule has 0 atom stereocenters. The molecule has 2 N–H and O–H groups in total. The van der Waals surface area contributed by atoms with Gasteiger partial charge in [0.25, 0.3) is 15.3 Å². The number of hydrogen-bond donors (Lipinski definition) is 2. The highest BCUT2D eigenvalue weighted by molar-refractivity contribution is 7.85. The standard InChI is InChI=1S/C7H8O3S.C6H7F5N2OS/c1-6-2-4-7(5-3-6)11(8,9)10;7-5(8,6(9,10)11)2-1-3-12-13-4(14)15/h2-5H,1H3,(H,8,9,10);1-3H2,(H,14,15). The lowest BCUT2D eigenvalue weighted by molar-refractivity contribution is -0.284. The molecule has 0 heterocycles. The van der Waals surface area contributed by atoms with Gasteiger partial charge in [-0.1, -0.05) is 17.7 Å². The van der Waals surface area contributed by atoms with Gasteiger partial charge in [-0.2, -0.15) is 35.5 Å². The molecule has 0 fully saturated rings. The van der Waals surface area contributed by atoms with Crippen LogP contribution in [0.4, 0.5) is 22.0 Å². The Bertz CT molecular complexity index is 719. The zero-order chi connectivity index (χ0) is 20.6. The molecule has 13 heteroatoms. The minimum atomic E-state index is -5.55. The van der Waals surface area contributed by atoms with E-state index in [-0.39, 0.29) is 11.4 Å². The number of azo groups is 1. The topological polar surface area (TPSA) is 99.3 Å². The second kappa shape index (κ2) is 9.83. The number of nitrogens with zero attached hydrogens (tertiary/aromatic N) is 2. The number of aliphatic hydroxyl groups excluding tert-OH is 1. The summed E-state index contributed by atoms with van der Waals surface area (Å²) < 4.78 is 88.9. The van der Waals surface area contributed by atoms with E-state index in [1.54, 1.807) is 12.1 Å². The normalized spacial score (nSPS) is 12.6. The lowest BCUT2D eigenvalue weighted by atomic mass is 10.2. The average molecular weight is 422 g/mol. The van der Waals surface area contributed by atoms with E-state index < -0.39 is 40.2 Å². The van der Waals surface area contributed by atoms with Crippen LogP contribution < -0.4 is 0 Å². The average Bonchev–Trinajstić information content (AvgIpc) is 2.45. The maximum atomic E-state index is 12.2. The summed E-state index contributed by atoms with van der Waals surface area (Å²) in [4.78, 5) is -0.0666. The molecule has 0 aromatic heterocycles. The van der Waals surface area contributed by atoms with Crippen LogP contribution >= 0.6 is 12.2 Å². The summed E-state index contributed by atoms with van der Waals surface area (Å²) in [7, 11) is -4.02. The zero-order valence-electron chi connectivity index (χ0n) is 13.2. The fourth-order valence-electron chi connectivity index (χ4n) is 1.33. The molecule has 26 heavy (non-hydrogen) atoms. The number of aryl methyl sites for hydroxylation is 1. The van der Waals surface area contributed by atoms with Crippen LogP contribution in [0, 0.1) is 6.92 Å². The van der Waals surface area contributed by atoms with Crippen LogP contribution in [0.25, 0.3) is 0 Å². The molecule has 0 radical (unpaired) electrons. The van der Waals surface area contributed by atoms with Crippen molar-refractivity contribution in [1.82, 2.24) is 0 Å². The lowest BCUT2D eigenvalue weighted by Crippen LogP contribution is -2.36. The third-order valence-corrected chi connectivity index (χ3v) is 3.59. The fourth-order valence-corrected chi connectivity index (χ4v) is 1.87. The van der Waals surface area contributed by atoms with Crippen molar-refractivity contribution in [2.45, 2.75) is 36.8 Å². The first-order chi connectivity index (χ1) is 11.7. The number of thiocarbonyl (C=S) groups is 1. The Kier molecular flexibility index (Phi) is 9.17. The van der Waals surface area contributed by atoms with Gasteiger partial charge in [-0.25, -0.2) is 0 Å². The van der Waals surface area contributed by atoms with Gasteiger partial charge in [0, 0.05) is 6.42 Å². The third kappa shape index (κ3) is 9.68. The smallest absolute Gasteiger partial charge is 0.453 e. The summed E-state index contributed by atoms with van der Waals surface area (Å²) in [6.07, 6.45) is -7.41. The Balaban J connectivity index is 0.000000502. The monoisotopic (exact) mass is 422 g/mol. The Hall–Kier alpha value is -1.73. The van der Waals surface area contributed by atoms with Crippen molar-refractivity contribution in [1.29, 1.82) is 0 Å². The SMILES string of the molecule is Cc1ccc(S(=O)(=O)O)cc1.OC(=S)N=NCCCC(F)(F)C(F)(F)F. The molecule has 1 rings (SSSR count). The Morgan fingerprint density at radius 1 is 1.15 bits per heavy atom. The van der Waals surface area contributed by atoms with Crippen molar-refractivity contribution in [3.8, 4) is 0 Å². The minimum Gasteiger partial charge on any atom is -0.484 e. The first-order valence-corrected chi connectivity index (χ1v) is 8.61. The van der Waals surface area contributed by atoms with Gasteiger partial charge in [-0.15, -0.1) is 5.11 Å². The number of benzene rings is 1. The van der Waals surface area contributed by atoms with Gasteiger partial charge >= 0.3 is 12.1 Å². The van der Waals surface area contributed by atoms with Gasteiger partial charge < -0.3 is 5.11 Å². The molecule has 6 nitrogen and oxygen atoms in total. The molecule has 0 saturated heterocycles.